The van der Waals surface area contributed by atoms with Gasteiger partial charge in [-0.1, -0.05) is 6.58 Å². The Hall–Kier alpha value is -1.90. The van der Waals surface area contributed by atoms with Crippen LogP contribution < -0.4 is 10.6 Å². The van der Waals surface area contributed by atoms with E-state index in [0.29, 0.717) is 0 Å². The molecule has 0 radical (unpaired) electrons. The molecule has 3 nitrogen and oxygen atoms in total. The maximum atomic E-state index is 5.53. The molecule has 0 unspecified atom stereocenters. The highest BCUT2D eigenvalue weighted by Gasteiger charge is 2.01. The zero-order chi connectivity index (χ0) is 10.8. The molecule has 0 fully saturated rings. The van der Waals surface area contributed by atoms with Crippen LogP contribution in [0.1, 0.15) is 5.76 Å². The highest BCUT2D eigenvalue weighted by atomic mass is 16.3. The Bertz CT molecular complexity index is 499. The normalized spacial score (nSPS) is 10.3. The number of fused-ring (bicyclic) bond motifs is 1. The lowest BCUT2D eigenvalue weighted by molar-refractivity contribution is 0.579. The van der Waals surface area contributed by atoms with Crippen LogP contribution in [0.3, 0.4) is 0 Å². The minimum absolute atomic E-state index is 0.762. The highest BCUT2D eigenvalue weighted by molar-refractivity contribution is 5.81. The van der Waals surface area contributed by atoms with E-state index in [-0.39, 0.29) is 0 Å². The van der Waals surface area contributed by atoms with Gasteiger partial charge in [-0.15, -0.1) is 0 Å². The van der Waals surface area contributed by atoms with Crippen molar-refractivity contribution in [3.63, 3.8) is 0 Å². The van der Waals surface area contributed by atoms with Gasteiger partial charge in [0.25, 0.3) is 0 Å². The molecule has 1 heterocycles. The topological polar surface area (TPSA) is 37.2 Å². The number of furan rings is 1. The van der Waals surface area contributed by atoms with Crippen molar-refractivity contribution in [2.75, 3.05) is 12.4 Å². The summed E-state index contributed by atoms with van der Waals surface area (Å²) in [4.78, 5) is 0. The number of anilines is 1. The van der Waals surface area contributed by atoms with Crippen LogP contribution in [-0.2, 0) is 0 Å². The third kappa shape index (κ3) is 1.96. The Morgan fingerprint density at radius 1 is 1.33 bits per heavy atom. The molecule has 78 valence electrons. The molecule has 2 N–H and O–H groups in total. The van der Waals surface area contributed by atoms with E-state index in [1.807, 2.05) is 38.2 Å². The molecule has 0 spiro atoms. The molecule has 0 aliphatic heterocycles. The second-order valence-corrected chi connectivity index (χ2v) is 3.46. The van der Waals surface area contributed by atoms with Crippen LogP contribution in [0.25, 0.3) is 11.0 Å². The first-order valence-corrected chi connectivity index (χ1v) is 4.83. The van der Waals surface area contributed by atoms with E-state index in [1.165, 1.54) is 0 Å². The predicted molar refractivity (Wildman–Crippen MR) is 62.8 cm³/mol. The van der Waals surface area contributed by atoms with Gasteiger partial charge in [-0.05, 0) is 25.1 Å². The van der Waals surface area contributed by atoms with Gasteiger partial charge in [-0.3, -0.25) is 0 Å². The highest BCUT2D eigenvalue weighted by Crippen LogP contribution is 2.22. The van der Waals surface area contributed by atoms with Crippen molar-refractivity contribution >= 4 is 16.7 Å². The molecule has 0 amide bonds. The second kappa shape index (κ2) is 3.69. The molecule has 15 heavy (non-hydrogen) atoms. The van der Waals surface area contributed by atoms with E-state index >= 15 is 0 Å². The summed E-state index contributed by atoms with van der Waals surface area (Å²) in [5.41, 5.74) is 1.86. The molecular weight excluding hydrogens is 188 g/mol. The number of rotatable bonds is 3. The maximum Gasteiger partial charge on any atom is 0.136 e. The molecule has 0 aliphatic rings. The molecule has 1 aromatic heterocycles. The smallest absolute Gasteiger partial charge is 0.136 e. The number of nitrogens with one attached hydrogen (secondary N) is 2. The standard InChI is InChI=1S/C12H14N2O/c1-8-6-10-4-5-11(7-12(10)15-8)14-9(2)13-3/h4-7,13-14H,2H2,1,3H3. The first-order valence-electron chi connectivity index (χ1n) is 4.83. The molecule has 2 rings (SSSR count). The van der Waals surface area contributed by atoms with E-state index in [9.17, 15) is 0 Å². The molecule has 0 saturated heterocycles. The van der Waals surface area contributed by atoms with Gasteiger partial charge in [0.15, 0.2) is 0 Å². The van der Waals surface area contributed by atoms with Crippen LogP contribution in [-0.4, -0.2) is 7.05 Å². The Labute approximate surface area is 88.8 Å². The van der Waals surface area contributed by atoms with Gasteiger partial charge in [-0.2, -0.15) is 0 Å². The van der Waals surface area contributed by atoms with E-state index in [1.54, 1.807) is 0 Å². The Morgan fingerprint density at radius 2 is 2.13 bits per heavy atom. The number of hydrogen-bond acceptors (Lipinski definition) is 3. The Balaban J connectivity index is 2.33. The second-order valence-electron chi connectivity index (χ2n) is 3.46. The maximum absolute atomic E-state index is 5.53. The number of benzene rings is 1. The summed E-state index contributed by atoms with van der Waals surface area (Å²) in [5.74, 6) is 1.69. The average Bonchev–Trinajstić information content (AvgIpc) is 2.57. The molecule has 3 heteroatoms. The van der Waals surface area contributed by atoms with Crippen LogP contribution in [0.2, 0.25) is 0 Å². The van der Waals surface area contributed by atoms with Gasteiger partial charge in [0.1, 0.15) is 11.3 Å². The van der Waals surface area contributed by atoms with Crippen LogP contribution in [0.5, 0.6) is 0 Å². The van der Waals surface area contributed by atoms with Crippen LogP contribution in [0.15, 0.2) is 41.1 Å². The predicted octanol–water partition coefficient (Wildman–Crippen LogP) is 2.84. The summed E-state index contributed by atoms with van der Waals surface area (Å²) in [6, 6.07) is 8.01. The van der Waals surface area contributed by atoms with Crippen LogP contribution in [0, 0.1) is 6.92 Å². The van der Waals surface area contributed by atoms with Crippen molar-refractivity contribution < 1.29 is 4.42 Å². The van der Waals surface area contributed by atoms with Gasteiger partial charge in [-0.25, -0.2) is 0 Å². The van der Waals surface area contributed by atoms with Crippen molar-refractivity contribution in [2.45, 2.75) is 6.92 Å². The third-order valence-corrected chi connectivity index (χ3v) is 2.24. The minimum atomic E-state index is 0.762. The molecular formula is C12H14N2O. The van der Waals surface area contributed by atoms with E-state index < -0.39 is 0 Å². The average molecular weight is 202 g/mol. The molecule has 2 aromatic rings. The monoisotopic (exact) mass is 202 g/mol. The quantitative estimate of drug-likeness (QED) is 0.803. The van der Waals surface area contributed by atoms with Crippen LogP contribution >= 0.6 is 0 Å². The summed E-state index contributed by atoms with van der Waals surface area (Å²) in [6.45, 7) is 5.74. The largest absolute Gasteiger partial charge is 0.461 e. The molecule has 0 saturated carbocycles. The van der Waals surface area contributed by atoms with Crippen molar-refractivity contribution in [3.8, 4) is 0 Å². The third-order valence-electron chi connectivity index (χ3n) is 2.24. The zero-order valence-corrected chi connectivity index (χ0v) is 8.92. The summed E-state index contributed by atoms with van der Waals surface area (Å²) < 4.78 is 5.53. The Morgan fingerprint density at radius 3 is 2.87 bits per heavy atom. The summed E-state index contributed by atoms with van der Waals surface area (Å²) in [7, 11) is 1.82. The first-order chi connectivity index (χ1) is 7.19. The lowest BCUT2D eigenvalue weighted by atomic mass is 10.2. The van der Waals surface area contributed by atoms with Gasteiger partial charge in [0, 0.05) is 24.2 Å². The van der Waals surface area contributed by atoms with Crippen molar-refractivity contribution in [3.05, 3.63) is 42.4 Å². The SMILES string of the molecule is C=C(NC)Nc1ccc2cc(C)oc2c1. The van der Waals surface area contributed by atoms with Crippen LogP contribution in [0.4, 0.5) is 5.69 Å². The lowest BCUT2D eigenvalue weighted by Gasteiger charge is -2.07. The van der Waals surface area contributed by atoms with Gasteiger partial charge >= 0.3 is 0 Å². The van der Waals surface area contributed by atoms with Gasteiger partial charge < -0.3 is 15.1 Å². The van der Waals surface area contributed by atoms with E-state index in [4.69, 9.17) is 4.42 Å². The van der Waals surface area contributed by atoms with Gasteiger partial charge in [0.2, 0.25) is 0 Å². The number of hydrogen-bond donors (Lipinski definition) is 2. The van der Waals surface area contributed by atoms with Crippen molar-refractivity contribution in [1.82, 2.24) is 5.32 Å². The zero-order valence-electron chi connectivity index (χ0n) is 8.92. The molecule has 1 aromatic carbocycles. The molecule has 0 atom stereocenters. The lowest BCUT2D eigenvalue weighted by Crippen LogP contribution is -2.12. The van der Waals surface area contributed by atoms with E-state index in [2.05, 4.69) is 17.2 Å². The van der Waals surface area contributed by atoms with E-state index in [0.717, 1.165) is 28.2 Å². The summed E-state index contributed by atoms with van der Waals surface area (Å²) >= 11 is 0. The fraction of sp³-hybridized carbons (Fsp3) is 0.167. The summed E-state index contributed by atoms with van der Waals surface area (Å²) in [5, 5.41) is 7.18. The fourth-order valence-corrected chi connectivity index (χ4v) is 1.48. The van der Waals surface area contributed by atoms with Crippen molar-refractivity contribution in [1.29, 1.82) is 0 Å². The Kier molecular flexibility index (Phi) is 2.37. The van der Waals surface area contributed by atoms with Gasteiger partial charge in [0.05, 0.1) is 5.82 Å². The van der Waals surface area contributed by atoms with Crippen molar-refractivity contribution in [2.24, 2.45) is 0 Å². The first kappa shape index (κ1) is 9.65. The minimum Gasteiger partial charge on any atom is -0.461 e. The fourth-order valence-electron chi connectivity index (χ4n) is 1.48. The molecule has 0 bridgehead atoms. The summed E-state index contributed by atoms with van der Waals surface area (Å²) in [6.07, 6.45) is 0. The molecule has 0 aliphatic carbocycles. The number of aryl methyl sites for hydroxylation is 1.